The number of methoxy groups -OCH3 is 1. The number of para-hydroxylation sites is 1. The van der Waals surface area contributed by atoms with Gasteiger partial charge in [-0.2, -0.15) is 8.42 Å². The summed E-state index contributed by atoms with van der Waals surface area (Å²) < 4.78 is 32.6. The second kappa shape index (κ2) is 5.31. The third kappa shape index (κ3) is 2.05. The molecular weight excluding hydrogens is 326 g/mol. The fraction of sp³-hybridized carbons (Fsp3) is 0.0588. The van der Waals surface area contributed by atoms with Crippen molar-refractivity contribution in [2.24, 2.45) is 0 Å². The fourth-order valence-corrected chi connectivity index (χ4v) is 4.19. The predicted octanol–water partition coefficient (Wildman–Crippen LogP) is 2.83. The van der Waals surface area contributed by atoms with Crippen molar-refractivity contribution in [3.8, 4) is 5.75 Å². The van der Waals surface area contributed by atoms with E-state index < -0.39 is 10.0 Å². The van der Waals surface area contributed by atoms with Crippen molar-refractivity contribution in [1.82, 2.24) is 14.4 Å². The van der Waals surface area contributed by atoms with Gasteiger partial charge in [-0.25, -0.2) is 0 Å². The predicted molar refractivity (Wildman–Crippen MR) is 90.6 cm³/mol. The smallest absolute Gasteiger partial charge is 0.285 e. The Morgan fingerprint density at radius 3 is 2.42 bits per heavy atom. The molecule has 24 heavy (non-hydrogen) atoms. The maximum atomic E-state index is 13.1. The molecule has 0 atom stereocenters. The molecule has 7 heteroatoms. The van der Waals surface area contributed by atoms with Crippen LogP contribution in [0, 0.1) is 0 Å². The second-order valence-electron chi connectivity index (χ2n) is 5.24. The van der Waals surface area contributed by atoms with Crippen molar-refractivity contribution >= 4 is 31.8 Å². The van der Waals surface area contributed by atoms with Crippen molar-refractivity contribution in [3.05, 3.63) is 60.7 Å². The normalized spacial score (nSPS) is 11.9. The van der Waals surface area contributed by atoms with Gasteiger partial charge in [0.05, 0.1) is 12.0 Å². The largest absolute Gasteiger partial charge is 0.496 e. The minimum Gasteiger partial charge on any atom is -0.496 e. The van der Waals surface area contributed by atoms with Gasteiger partial charge in [-0.3, -0.25) is 0 Å². The number of benzene rings is 3. The van der Waals surface area contributed by atoms with Crippen LogP contribution in [-0.4, -0.2) is 29.9 Å². The van der Waals surface area contributed by atoms with E-state index in [0.29, 0.717) is 22.2 Å². The van der Waals surface area contributed by atoms with Gasteiger partial charge in [-0.15, -0.1) is 9.19 Å². The van der Waals surface area contributed by atoms with Gasteiger partial charge in [0, 0.05) is 10.8 Å². The van der Waals surface area contributed by atoms with Gasteiger partial charge in [0.25, 0.3) is 10.0 Å². The lowest BCUT2D eigenvalue weighted by molar-refractivity contribution is 0.419. The summed E-state index contributed by atoms with van der Waals surface area (Å²) in [5.74, 6) is 0.619. The second-order valence-corrected chi connectivity index (χ2v) is 6.97. The maximum Gasteiger partial charge on any atom is 0.285 e. The summed E-state index contributed by atoms with van der Waals surface area (Å²) in [6, 6.07) is 17.3. The molecule has 0 unspecified atom stereocenters. The van der Waals surface area contributed by atoms with Gasteiger partial charge in [0.2, 0.25) is 0 Å². The highest BCUT2D eigenvalue weighted by Gasteiger charge is 2.24. The highest BCUT2D eigenvalue weighted by molar-refractivity contribution is 7.90. The molecule has 0 aliphatic heterocycles. The van der Waals surface area contributed by atoms with Crippen molar-refractivity contribution in [1.29, 1.82) is 0 Å². The molecule has 1 aromatic heterocycles. The van der Waals surface area contributed by atoms with E-state index in [-0.39, 0.29) is 4.90 Å². The molecule has 0 saturated heterocycles. The zero-order valence-corrected chi connectivity index (χ0v) is 13.6. The summed E-state index contributed by atoms with van der Waals surface area (Å²) >= 11 is 0. The first-order valence-electron chi connectivity index (χ1n) is 7.25. The molecule has 4 aromatic rings. The maximum absolute atomic E-state index is 13.1. The first-order chi connectivity index (χ1) is 11.6. The summed E-state index contributed by atoms with van der Waals surface area (Å²) in [7, 11) is -2.33. The Kier molecular flexibility index (Phi) is 3.24. The van der Waals surface area contributed by atoms with Crippen LogP contribution >= 0.6 is 0 Å². The number of ether oxygens (including phenoxy) is 1. The molecule has 0 fully saturated rings. The van der Waals surface area contributed by atoms with E-state index in [4.69, 9.17) is 4.74 Å². The van der Waals surface area contributed by atoms with Gasteiger partial charge in [-0.05, 0) is 24.3 Å². The molecule has 0 aliphatic carbocycles. The number of rotatable bonds is 3. The van der Waals surface area contributed by atoms with Crippen LogP contribution in [-0.2, 0) is 10.0 Å². The van der Waals surface area contributed by atoms with Crippen molar-refractivity contribution in [2.75, 3.05) is 7.11 Å². The molecule has 0 saturated carbocycles. The first kappa shape index (κ1) is 14.6. The van der Waals surface area contributed by atoms with E-state index in [9.17, 15) is 8.42 Å². The highest BCUT2D eigenvalue weighted by atomic mass is 32.2. The van der Waals surface area contributed by atoms with Gasteiger partial charge >= 0.3 is 0 Å². The average molecular weight is 339 g/mol. The van der Waals surface area contributed by atoms with Crippen LogP contribution in [0.3, 0.4) is 0 Å². The molecule has 0 spiro atoms. The Hall–Kier alpha value is -2.93. The van der Waals surface area contributed by atoms with Crippen LogP contribution in [0.2, 0.25) is 0 Å². The summed E-state index contributed by atoms with van der Waals surface area (Å²) in [6.07, 6.45) is 0. The van der Waals surface area contributed by atoms with Crippen molar-refractivity contribution in [2.45, 2.75) is 4.90 Å². The minimum atomic E-state index is -3.89. The Bertz CT molecular complexity index is 1170. The Balaban J connectivity index is 2.03. The minimum absolute atomic E-state index is 0.162. The number of hydrogen-bond donors (Lipinski definition) is 0. The molecule has 4 rings (SSSR count). The van der Waals surface area contributed by atoms with Gasteiger partial charge in [-0.1, -0.05) is 41.6 Å². The Morgan fingerprint density at radius 2 is 1.62 bits per heavy atom. The molecule has 0 bridgehead atoms. The molecule has 0 aliphatic rings. The van der Waals surface area contributed by atoms with Gasteiger partial charge in [0.1, 0.15) is 16.8 Å². The average Bonchev–Trinajstić information content (AvgIpc) is 3.05. The zero-order chi connectivity index (χ0) is 16.7. The first-order valence-corrected chi connectivity index (χ1v) is 8.69. The molecule has 1 heterocycles. The van der Waals surface area contributed by atoms with Gasteiger partial charge in [0.15, 0.2) is 0 Å². The monoisotopic (exact) mass is 339 g/mol. The quantitative estimate of drug-likeness (QED) is 0.574. The fourth-order valence-electron chi connectivity index (χ4n) is 2.76. The van der Waals surface area contributed by atoms with Crippen molar-refractivity contribution in [3.63, 3.8) is 0 Å². The molecule has 3 aromatic carbocycles. The molecule has 6 nitrogen and oxygen atoms in total. The Labute approximate surface area is 138 Å². The lowest BCUT2D eigenvalue weighted by Gasteiger charge is -2.11. The van der Waals surface area contributed by atoms with Crippen LogP contribution in [0.1, 0.15) is 0 Å². The third-order valence-electron chi connectivity index (χ3n) is 3.89. The molecule has 0 N–H and O–H groups in total. The Morgan fingerprint density at radius 1 is 0.917 bits per heavy atom. The number of hydrogen-bond acceptors (Lipinski definition) is 5. The lowest BCUT2D eigenvalue weighted by Crippen LogP contribution is -2.15. The number of nitrogens with zero attached hydrogens (tertiary/aromatic N) is 3. The third-order valence-corrected chi connectivity index (χ3v) is 5.53. The van der Waals surface area contributed by atoms with E-state index in [0.717, 1.165) is 9.47 Å². The highest BCUT2D eigenvalue weighted by Crippen LogP contribution is 2.32. The van der Waals surface area contributed by atoms with Gasteiger partial charge < -0.3 is 4.74 Å². The van der Waals surface area contributed by atoms with Crippen LogP contribution < -0.4 is 4.74 Å². The van der Waals surface area contributed by atoms with E-state index in [1.165, 1.54) is 6.07 Å². The van der Waals surface area contributed by atoms with Crippen LogP contribution in [0.4, 0.5) is 0 Å². The van der Waals surface area contributed by atoms with E-state index in [1.54, 1.807) is 49.6 Å². The standard InChI is InChI=1S/C17H13N3O3S/c1-23-16-10-11-17(13-7-3-2-6-12(13)16)24(21,22)20-15-9-5-4-8-14(15)18-19-20/h2-11H,1H3. The lowest BCUT2D eigenvalue weighted by atomic mass is 10.1. The van der Waals surface area contributed by atoms with Crippen molar-refractivity contribution < 1.29 is 13.2 Å². The van der Waals surface area contributed by atoms with E-state index in [2.05, 4.69) is 10.3 Å². The van der Waals surface area contributed by atoms with E-state index in [1.807, 2.05) is 12.1 Å². The number of aromatic nitrogens is 3. The van der Waals surface area contributed by atoms with E-state index >= 15 is 0 Å². The summed E-state index contributed by atoms with van der Waals surface area (Å²) in [5.41, 5.74) is 0.969. The summed E-state index contributed by atoms with van der Waals surface area (Å²) in [5, 5.41) is 9.08. The van der Waals surface area contributed by atoms with Crippen LogP contribution in [0.5, 0.6) is 5.75 Å². The van der Waals surface area contributed by atoms with Crippen LogP contribution in [0.15, 0.2) is 65.6 Å². The topological polar surface area (TPSA) is 74.1 Å². The summed E-state index contributed by atoms with van der Waals surface area (Å²) in [6.45, 7) is 0. The molecule has 0 radical (unpaired) electrons. The van der Waals surface area contributed by atoms with Crippen LogP contribution in [0.25, 0.3) is 21.8 Å². The zero-order valence-electron chi connectivity index (χ0n) is 12.7. The number of fused-ring (bicyclic) bond motifs is 2. The SMILES string of the molecule is COc1ccc(S(=O)(=O)n2nnc3ccccc32)c2ccccc12. The molecule has 0 amide bonds. The summed E-state index contributed by atoms with van der Waals surface area (Å²) in [4.78, 5) is 0.162. The molecule has 120 valence electrons. The molecular formula is C17H13N3O3S.